The van der Waals surface area contributed by atoms with E-state index in [1.165, 1.54) is 10.5 Å². The van der Waals surface area contributed by atoms with Crippen molar-refractivity contribution in [2.24, 2.45) is 16.6 Å². The van der Waals surface area contributed by atoms with Gasteiger partial charge in [-0.1, -0.05) is 42.5 Å². The highest BCUT2D eigenvalue weighted by Gasteiger charge is 2.55. The zero-order valence-corrected chi connectivity index (χ0v) is 18.5. The quantitative estimate of drug-likeness (QED) is 0.672. The molecule has 1 aromatic heterocycles. The van der Waals surface area contributed by atoms with Gasteiger partial charge in [0.05, 0.1) is 17.6 Å². The number of nitriles is 1. The fourth-order valence-corrected chi connectivity index (χ4v) is 5.81. The lowest BCUT2D eigenvalue weighted by Gasteiger charge is -2.37. The number of benzene rings is 2. The maximum absolute atomic E-state index is 13.3. The molecule has 1 saturated heterocycles. The SMILES string of the molecule is CN1C(=O)C2CN(Cc3ccccc3)CC2(c2cc(-c3cccc(C#N)c3)cs2)N=C1N. The van der Waals surface area contributed by atoms with Crippen LogP contribution >= 0.6 is 11.3 Å². The largest absolute Gasteiger partial charge is 0.369 e. The summed E-state index contributed by atoms with van der Waals surface area (Å²) in [4.78, 5) is 23.0. The van der Waals surface area contributed by atoms with Gasteiger partial charge in [0.15, 0.2) is 5.96 Å². The zero-order valence-electron chi connectivity index (χ0n) is 17.7. The Hall–Kier alpha value is -3.47. The van der Waals surface area contributed by atoms with Crippen molar-refractivity contribution in [2.75, 3.05) is 20.1 Å². The van der Waals surface area contributed by atoms with E-state index < -0.39 is 5.54 Å². The second-order valence-corrected chi connectivity index (χ2v) is 9.30. The molecule has 7 heteroatoms. The number of amides is 1. The number of hydrogen-bond acceptors (Lipinski definition) is 6. The molecule has 5 rings (SSSR count). The van der Waals surface area contributed by atoms with Crippen LogP contribution < -0.4 is 5.73 Å². The van der Waals surface area contributed by atoms with Crippen LogP contribution in [-0.2, 0) is 16.9 Å². The number of rotatable bonds is 4. The number of nitrogens with zero attached hydrogens (tertiary/aromatic N) is 4. The van der Waals surface area contributed by atoms with Crippen molar-refractivity contribution in [2.45, 2.75) is 12.1 Å². The molecule has 0 saturated carbocycles. The van der Waals surface area contributed by atoms with Gasteiger partial charge >= 0.3 is 0 Å². The minimum atomic E-state index is -0.696. The van der Waals surface area contributed by atoms with Gasteiger partial charge in [-0.2, -0.15) is 5.26 Å². The first-order valence-electron chi connectivity index (χ1n) is 10.5. The Balaban J connectivity index is 1.54. The summed E-state index contributed by atoms with van der Waals surface area (Å²) in [6, 6.07) is 22.1. The molecule has 2 N–H and O–H groups in total. The van der Waals surface area contributed by atoms with E-state index in [1.54, 1.807) is 24.5 Å². The lowest BCUT2D eigenvalue weighted by Crippen LogP contribution is -2.54. The van der Waals surface area contributed by atoms with Crippen LogP contribution in [0.4, 0.5) is 0 Å². The molecular formula is C25H23N5OS. The Morgan fingerprint density at radius 1 is 1.19 bits per heavy atom. The number of hydrogen-bond donors (Lipinski definition) is 1. The van der Waals surface area contributed by atoms with Gasteiger partial charge in [-0.05, 0) is 40.3 Å². The predicted molar refractivity (Wildman–Crippen MR) is 126 cm³/mol. The highest BCUT2D eigenvalue weighted by molar-refractivity contribution is 7.10. The second-order valence-electron chi connectivity index (χ2n) is 8.39. The van der Waals surface area contributed by atoms with Crippen LogP contribution in [0, 0.1) is 17.2 Å². The summed E-state index contributed by atoms with van der Waals surface area (Å²) in [7, 11) is 1.69. The second kappa shape index (κ2) is 7.90. The van der Waals surface area contributed by atoms with Crippen molar-refractivity contribution in [3.63, 3.8) is 0 Å². The average molecular weight is 442 g/mol. The molecule has 2 aromatic carbocycles. The van der Waals surface area contributed by atoms with Crippen LogP contribution in [0.25, 0.3) is 11.1 Å². The number of nitrogens with two attached hydrogens (primary N) is 1. The molecule has 2 aliphatic rings. The third-order valence-electron chi connectivity index (χ3n) is 6.37. The van der Waals surface area contributed by atoms with Crippen molar-refractivity contribution in [3.8, 4) is 17.2 Å². The molecule has 2 aliphatic heterocycles. The first-order chi connectivity index (χ1) is 15.5. The third-order valence-corrected chi connectivity index (χ3v) is 7.47. The molecule has 0 spiro atoms. The Morgan fingerprint density at radius 3 is 2.78 bits per heavy atom. The maximum Gasteiger partial charge on any atom is 0.236 e. The Morgan fingerprint density at radius 2 is 2.00 bits per heavy atom. The molecular weight excluding hydrogens is 418 g/mol. The Labute approximate surface area is 191 Å². The van der Waals surface area contributed by atoms with Crippen molar-refractivity contribution < 1.29 is 4.79 Å². The molecule has 1 fully saturated rings. The summed E-state index contributed by atoms with van der Waals surface area (Å²) >= 11 is 1.60. The standard InChI is InChI=1S/C25H23N5OS/c1-29-23(31)21-14-30(13-17-6-3-2-4-7-17)16-25(21,28-24(29)27)22-11-20(15-32-22)19-9-5-8-18(10-19)12-26/h2-11,15,21H,13-14,16H2,1H3,(H2,27,28). The summed E-state index contributed by atoms with van der Waals surface area (Å²) in [6.45, 7) is 2.02. The highest BCUT2D eigenvalue weighted by atomic mass is 32.1. The van der Waals surface area contributed by atoms with Crippen LogP contribution in [0.1, 0.15) is 16.0 Å². The lowest BCUT2D eigenvalue weighted by atomic mass is 9.83. The smallest absolute Gasteiger partial charge is 0.236 e. The molecule has 32 heavy (non-hydrogen) atoms. The van der Waals surface area contributed by atoms with E-state index in [-0.39, 0.29) is 17.8 Å². The fraction of sp³-hybridized carbons (Fsp3) is 0.240. The van der Waals surface area contributed by atoms with Crippen LogP contribution in [0.5, 0.6) is 0 Å². The van der Waals surface area contributed by atoms with E-state index in [2.05, 4.69) is 34.5 Å². The van der Waals surface area contributed by atoms with Crippen molar-refractivity contribution >= 4 is 23.2 Å². The van der Waals surface area contributed by atoms with Crippen LogP contribution in [0.2, 0.25) is 0 Å². The van der Waals surface area contributed by atoms with Gasteiger partial charge in [0.25, 0.3) is 0 Å². The van der Waals surface area contributed by atoms with Gasteiger partial charge in [0.1, 0.15) is 5.54 Å². The number of fused-ring (bicyclic) bond motifs is 1. The van der Waals surface area contributed by atoms with Crippen molar-refractivity contribution in [1.82, 2.24) is 9.80 Å². The molecule has 2 atom stereocenters. The maximum atomic E-state index is 13.3. The van der Waals surface area contributed by atoms with Crippen LogP contribution in [0.3, 0.4) is 0 Å². The predicted octanol–water partition coefficient (Wildman–Crippen LogP) is 3.40. The average Bonchev–Trinajstić information content (AvgIpc) is 3.45. The first-order valence-corrected chi connectivity index (χ1v) is 11.4. The highest BCUT2D eigenvalue weighted by Crippen LogP contribution is 2.47. The molecule has 3 heterocycles. The number of carbonyl (C=O) groups is 1. The molecule has 2 unspecified atom stereocenters. The Kier molecular flexibility index (Phi) is 5.04. The van der Waals surface area contributed by atoms with Gasteiger partial charge in [0, 0.05) is 31.6 Å². The number of guanidine groups is 1. The van der Waals surface area contributed by atoms with Crippen LogP contribution in [-0.4, -0.2) is 41.8 Å². The summed E-state index contributed by atoms with van der Waals surface area (Å²) in [6.07, 6.45) is 0. The number of aliphatic imine (C=N–C) groups is 1. The van der Waals surface area contributed by atoms with Crippen molar-refractivity contribution in [1.29, 1.82) is 5.26 Å². The van der Waals surface area contributed by atoms with E-state index in [0.29, 0.717) is 18.7 Å². The van der Waals surface area contributed by atoms with Crippen LogP contribution in [0.15, 0.2) is 71.0 Å². The van der Waals surface area contributed by atoms with Gasteiger partial charge in [0.2, 0.25) is 5.91 Å². The molecule has 0 radical (unpaired) electrons. The van der Waals surface area contributed by atoms with Crippen molar-refractivity contribution in [3.05, 3.63) is 82.0 Å². The molecule has 0 aliphatic carbocycles. The first kappa shape index (κ1) is 20.4. The summed E-state index contributed by atoms with van der Waals surface area (Å²) in [5.74, 6) is -0.0239. The van der Waals surface area contributed by atoms with Gasteiger partial charge in [-0.15, -0.1) is 11.3 Å². The summed E-state index contributed by atoms with van der Waals surface area (Å²) in [5, 5.41) is 11.3. The fourth-order valence-electron chi connectivity index (χ4n) is 4.70. The number of likely N-dealkylation sites (tertiary alicyclic amines) is 1. The van der Waals surface area contributed by atoms with E-state index >= 15 is 0 Å². The van der Waals surface area contributed by atoms with E-state index in [9.17, 15) is 10.1 Å². The third kappa shape index (κ3) is 3.38. The Bertz CT molecular complexity index is 1240. The van der Waals surface area contributed by atoms with Gasteiger partial charge in [-0.25, -0.2) is 4.99 Å². The minimum absolute atomic E-state index is 0.00879. The molecule has 3 aromatic rings. The van der Waals surface area contributed by atoms with E-state index in [4.69, 9.17) is 10.7 Å². The van der Waals surface area contributed by atoms with E-state index in [0.717, 1.165) is 22.5 Å². The summed E-state index contributed by atoms with van der Waals surface area (Å²) < 4.78 is 0. The number of carbonyl (C=O) groups excluding carboxylic acids is 1. The lowest BCUT2D eigenvalue weighted by molar-refractivity contribution is -0.132. The minimum Gasteiger partial charge on any atom is -0.369 e. The monoisotopic (exact) mass is 441 g/mol. The molecule has 160 valence electrons. The van der Waals surface area contributed by atoms with E-state index in [1.807, 2.05) is 36.4 Å². The van der Waals surface area contributed by atoms with Gasteiger partial charge < -0.3 is 5.73 Å². The molecule has 6 nitrogen and oxygen atoms in total. The normalized spacial score (nSPS) is 23.0. The topological polar surface area (TPSA) is 85.7 Å². The molecule has 0 bridgehead atoms. The zero-order chi connectivity index (χ0) is 22.3. The summed E-state index contributed by atoms with van der Waals surface area (Å²) in [5.41, 5.74) is 9.35. The van der Waals surface area contributed by atoms with Gasteiger partial charge in [-0.3, -0.25) is 14.6 Å². The number of thiophene rings is 1. The molecule has 1 amide bonds.